The summed E-state index contributed by atoms with van der Waals surface area (Å²) in [6, 6.07) is 4.36. The Morgan fingerprint density at radius 3 is 2.87 bits per heavy atom. The highest BCUT2D eigenvalue weighted by molar-refractivity contribution is 5.75. The largest absolute Gasteiger partial charge is 0.465 e. The molecule has 3 nitrogen and oxygen atoms in total. The summed E-state index contributed by atoms with van der Waals surface area (Å²) in [5.41, 5.74) is 1.50. The van der Waals surface area contributed by atoms with Gasteiger partial charge in [-0.15, -0.1) is 0 Å². The predicted molar refractivity (Wildman–Crippen MR) is 56.3 cm³/mol. The highest BCUT2D eigenvalue weighted by atomic mass is 19.1. The van der Waals surface area contributed by atoms with Crippen molar-refractivity contribution in [2.75, 3.05) is 18.5 Å². The van der Waals surface area contributed by atoms with Gasteiger partial charge in [-0.2, -0.15) is 0 Å². The van der Waals surface area contributed by atoms with Crippen molar-refractivity contribution >= 4 is 11.7 Å². The summed E-state index contributed by atoms with van der Waals surface area (Å²) < 4.78 is 17.5. The molecule has 0 saturated carbocycles. The number of hydrogen-bond acceptors (Lipinski definition) is 3. The van der Waals surface area contributed by atoms with Crippen molar-refractivity contribution in [3.8, 4) is 0 Å². The first-order chi connectivity index (χ1) is 7.13. The van der Waals surface area contributed by atoms with Crippen molar-refractivity contribution < 1.29 is 13.9 Å². The van der Waals surface area contributed by atoms with Crippen LogP contribution < -0.4 is 5.32 Å². The number of ether oxygens (including phenoxy) is 1. The van der Waals surface area contributed by atoms with Crippen LogP contribution >= 0.6 is 0 Å². The Morgan fingerprint density at radius 2 is 2.27 bits per heavy atom. The molecule has 0 amide bonds. The molecule has 15 heavy (non-hydrogen) atoms. The average Bonchev–Trinajstić information content (AvgIpc) is 2.17. The zero-order valence-corrected chi connectivity index (χ0v) is 8.84. The molecular formula is C11H14FNO2. The molecule has 0 heterocycles. The van der Waals surface area contributed by atoms with Crippen LogP contribution in [0.5, 0.6) is 0 Å². The number of rotatable bonds is 4. The number of hydrogen-bond donors (Lipinski definition) is 1. The number of anilines is 1. The first-order valence-electron chi connectivity index (χ1n) is 4.79. The molecule has 0 radical (unpaired) electrons. The Hall–Kier alpha value is -1.58. The van der Waals surface area contributed by atoms with E-state index in [1.165, 1.54) is 12.1 Å². The molecule has 0 bridgehead atoms. The zero-order chi connectivity index (χ0) is 11.3. The molecule has 1 aromatic rings. The van der Waals surface area contributed by atoms with Crippen molar-refractivity contribution in [1.82, 2.24) is 0 Å². The van der Waals surface area contributed by atoms with Gasteiger partial charge in [0, 0.05) is 5.69 Å². The lowest BCUT2D eigenvalue weighted by Gasteiger charge is -2.08. The lowest BCUT2D eigenvalue weighted by Crippen LogP contribution is -2.17. The molecule has 0 aliphatic heterocycles. The molecule has 1 rings (SSSR count). The van der Waals surface area contributed by atoms with Gasteiger partial charge in [-0.25, -0.2) is 4.39 Å². The van der Waals surface area contributed by atoms with Crippen molar-refractivity contribution in [2.45, 2.75) is 13.8 Å². The Bertz CT molecular complexity index is 352. The van der Waals surface area contributed by atoms with E-state index < -0.39 is 0 Å². The number of aryl methyl sites for hydroxylation is 1. The summed E-state index contributed by atoms with van der Waals surface area (Å²) in [6.07, 6.45) is 0. The molecule has 0 saturated heterocycles. The van der Waals surface area contributed by atoms with E-state index in [1.54, 1.807) is 19.9 Å². The molecule has 0 unspecified atom stereocenters. The fourth-order valence-corrected chi connectivity index (χ4v) is 1.20. The van der Waals surface area contributed by atoms with E-state index in [4.69, 9.17) is 4.74 Å². The summed E-state index contributed by atoms with van der Waals surface area (Å²) in [5.74, 6) is -0.601. The van der Waals surface area contributed by atoms with Crippen LogP contribution in [0, 0.1) is 12.7 Å². The number of carbonyl (C=O) groups is 1. The summed E-state index contributed by atoms with van der Waals surface area (Å²) in [7, 11) is 0. The molecule has 4 heteroatoms. The van der Waals surface area contributed by atoms with Gasteiger partial charge in [0.2, 0.25) is 0 Å². The van der Waals surface area contributed by atoms with E-state index in [0.29, 0.717) is 6.61 Å². The minimum absolute atomic E-state index is 0.0975. The normalized spacial score (nSPS) is 9.80. The molecule has 0 spiro atoms. The molecule has 0 atom stereocenters. The summed E-state index contributed by atoms with van der Waals surface area (Å²) >= 11 is 0. The van der Waals surface area contributed by atoms with Gasteiger partial charge in [-0.1, -0.05) is 0 Å². The lowest BCUT2D eigenvalue weighted by atomic mass is 10.2. The van der Waals surface area contributed by atoms with E-state index in [2.05, 4.69) is 5.32 Å². The van der Waals surface area contributed by atoms with Crippen molar-refractivity contribution in [3.63, 3.8) is 0 Å². The van der Waals surface area contributed by atoms with E-state index in [0.717, 1.165) is 11.3 Å². The summed E-state index contributed by atoms with van der Waals surface area (Å²) in [4.78, 5) is 11.0. The summed E-state index contributed by atoms with van der Waals surface area (Å²) in [5, 5.41) is 2.88. The van der Waals surface area contributed by atoms with Gasteiger partial charge in [0.05, 0.1) is 6.61 Å². The Kier molecular flexibility index (Phi) is 4.09. The standard InChI is InChI=1S/C11H14FNO2/c1-3-15-11(14)7-13-10-5-4-9(12)6-8(10)2/h4-6,13H,3,7H2,1-2H3. The van der Waals surface area contributed by atoms with Crippen LogP contribution in [0.4, 0.5) is 10.1 Å². The van der Waals surface area contributed by atoms with Crippen LogP contribution in [0.15, 0.2) is 18.2 Å². The second-order valence-electron chi connectivity index (χ2n) is 3.12. The smallest absolute Gasteiger partial charge is 0.325 e. The van der Waals surface area contributed by atoms with Gasteiger partial charge < -0.3 is 10.1 Å². The topological polar surface area (TPSA) is 38.3 Å². The maximum Gasteiger partial charge on any atom is 0.325 e. The molecule has 0 aromatic heterocycles. The van der Waals surface area contributed by atoms with Gasteiger partial charge in [0.25, 0.3) is 0 Å². The van der Waals surface area contributed by atoms with Crippen LogP contribution in [-0.2, 0) is 9.53 Å². The van der Waals surface area contributed by atoms with E-state index in [1.807, 2.05) is 0 Å². The summed E-state index contributed by atoms with van der Waals surface area (Å²) in [6.45, 7) is 3.99. The van der Waals surface area contributed by atoms with E-state index in [9.17, 15) is 9.18 Å². The van der Waals surface area contributed by atoms with Crippen molar-refractivity contribution in [3.05, 3.63) is 29.6 Å². The molecular weight excluding hydrogens is 197 g/mol. The zero-order valence-electron chi connectivity index (χ0n) is 8.84. The third-order valence-electron chi connectivity index (χ3n) is 1.92. The maximum absolute atomic E-state index is 12.7. The molecule has 82 valence electrons. The van der Waals surface area contributed by atoms with Gasteiger partial charge in [-0.3, -0.25) is 4.79 Å². The van der Waals surface area contributed by atoms with Crippen LogP contribution in [0.3, 0.4) is 0 Å². The molecule has 0 aliphatic rings. The van der Waals surface area contributed by atoms with Crippen LogP contribution in [0.1, 0.15) is 12.5 Å². The molecule has 0 aliphatic carbocycles. The first kappa shape index (κ1) is 11.5. The van der Waals surface area contributed by atoms with Crippen molar-refractivity contribution in [1.29, 1.82) is 0 Å². The van der Waals surface area contributed by atoms with Gasteiger partial charge >= 0.3 is 5.97 Å². The minimum atomic E-state index is -0.318. The second kappa shape index (κ2) is 5.34. The van der Waals surface area contributed by atoms with Crippen molar-refractivity contribution in [2.24, 2.45) is 0 Å². The number of nitrogens with one attached hydrogen (secondary N) is 1. The number of halogens is 1. The third kappa shape index (κ3) is 3.58. The Morgan fingerprint density at radius 1 is 1.53 bits per heavy atom. The maximum atomic E-state index is 12.7. The van der Waals surface area contributed by atoms with Crippen LogP contribution in [-0.4, -0.2) is 19.1 Å². The second-order valence-corrected chi connectivity index (χ2v) is 3.12. The molecule has 0 fully saturated rings. The molecule has 1 N–H and O–H groups in total. The fourth-order valence-electron chi connectivity index (χ4n) is 1.20. The first-order valence-corrected chi connectivity index (χ1v) is 4.79. The fraction of sp³-hybridized carbons (Fsp3) is 0.364. The van der Waals surface area contributed by atoms with Gasteiger partial charge in [0.15, 0.2) is 0 Å². The highest BCUT2D eigenvalue weighted by Crippen LogP contribution is 2.15. The minimum Gasteiger partial charge on any atom is -0.465 e. The number of esters is 1. The van der Waals surface area contributed by atoms with Gasteiger partial charge in [0.1, 0.15) is 12.4 Å². The molecule has 1 aromatic carbocycles. The Labute approximate surface area is 88.2 Å². The highest BCUT2D eigenvalue weighted by Gasteiger charge is 2.03. The van der Waals surface area contributed by atoms with Crippen LogP contribution in [0.25, 0.3) is 0 Å². The Balaban J connectivity index is 2.54. The lowest BCUT2D eigenvalue weighted by molar-refractivity contribution is -0.140. The monoisotopic (exact) mass is 211 g/mol. The van der Waals surface area contributed by atoms with Crippen LogP contribution in [0.2, 0.25) is 0 Å². The quantitative estimate of drug-likeness (QED) is 0.775. The predicted octanol–water partition coefficient (Wildman–Crippen LogP) is 2.11. The van der Waals surface area contributed by atoms with Gasteiger partial charge in [-0.05, 0) is 37.6 Å². The van der Waals surface area contributed by atoms with E-state index >= 15 is 0 Å². The number of benzene rings is 1. The SMILES string of the molecule is CCOC(=O)CNc1ccc(F)cc1C. The van der Waals surface area contributed by atoms with E-state index in [-0.39, 0.29) is 18.3 Å². The third-order valence-corrected chi connectivity index (χ3v) is 1.92. The average molecular weight is 211 g/mol. The number of carbonyl (C=O) groups excluding carboxylic acids is 1.